The number of carbonyl (C=O) groups excluding carboxylic acids is 1. The van der Waals surface area contributed by atoms with Gasteiger partial charge in [-0.15, -0.1) is 0 Å². The van der Waals surface area contributed by atoms with Gasteiger partial charge in [-0.25, -0.2) is 5.43 Å². The zero-order chi connectivity index (χ0) is 12.1. The Kier molecular flexibility index (Phi) is 3.78. The van der Waals surface area contributed by atoms with Gasteiger partial charge in [0.25, 0.3) is 0 Å². The lowest BCUT2D eigenvalue weighted by molar-refractivity contribution is -0.385. The number of hydrogen-bond acceptors (Lipinski definition) is 5. The number of rotatable bonds is 4. The number of halogens is 1. The number of aromatic hydroxyl groups is 1. The summed E-state index contributed by atoms with van der Waals surface area (Å²) >= 11 is 5.61. The maximum absolute atomic E-state index is 10.5. The van der Waals surface area contributed by atoms with Gasteiger partial charge in [-0.05, 0) is 6.07 Å². The van der Waals surface area contributed by atoms with Crippen LogP contribution in [-0.4, -0.2) is 22.7 Å². The van der Waals surface area contributed by atoms with Crippen molar-refractivity contribution in [3.63, 3.8) is 0 Å². The van der Waals surface area contributed by atoms with Crippen LogP contribution < -0.4 is 5.43 Å². The lowest BCUT2D eigenvalue weighted by atomic mass is 10.2. The minimum Gasteiger partial charge on any atom is -0.502 e. The Bertz CT molecular complexity index is 461. The highest BCUT2D eigenvalue weighted by molar-refractivity contribution is 6.31. The molecule has 0 fully saturated rings. The molecule has 1 rings (SSSR count). The average Bonchev–Trinajstić information content (AvgIpc) is 2.22. The smallest absolute Gasteiger partial charge is 0.312 e. The molecule has 0 unspecified atom stereocenters. The Labute approximate surface area is 94.5 Å². The predicted octanol–water partition coefficient (Wildman–Crippen LogP) is 1.03. The van der Waals surface area contributed by atoms with Gasteiger partial charge < -0.3 is 5.11 Å². The van der Waals surface area contributed by atoms with Crippen LogP contribution >= 0.6 is 11.6 Å². The van der Waals surface area contributed by atoms with Gasteiger partial charge in [0, 0.05) is 16.7 Å². The SMILES string of the molecule is O=CN/N=C/c1cc(Cl)cc([N+](=O)[O-])c1O. The highest BCUT2D eigenvalue weighted by Gasteiger charge is 2.17. The molecule has 0 atom stereocenters. The number of phenolic OH excluding ortho intramolecular Hbond substituents is 1. The van der Waals surface area contributed by atoms with Crippen molar-refractivity contribution in [1.82, 2.24) is 5.43 Å². The van der Waals surface area contributed by atoms with Crippen LogP contribution in [0, 0.1) is 10.1 Å². The highest BCUT2D eigenvalue weighted by atomic mass is 35.5. The number of nitro benzene ring substituents is 1. The fraction of sp³-hybridized carbons (Fsp3) is 0. The molecule has 0 saturated carbocycles. The first-order valence-electron chi connectivity index (χ1n) is 3.95. The van der Waals surface area contributed by atoms with Crippen molar-refractivity contribution < 1.29 is 14.8 Å². The first-order chi connectivity index (χ1) is 7.56. The lowest BCUT2D eigenvalue weighted by Gasteiger charge is -2.00. The number of amides is 1. The van der Waals surface area contributed by atoms with Crippen molar-refractivity contribution in [3.8, 4) is 5.75 Å². The summed E-state index contributed by atoms with van der Waals surface area (Å²) in [6.45, 7) is 0. The van der Waals surface area contributed by atoms with E-state index in [1.807, 2.05) is 5.43 Å². The minimum absolute atomic E-state index is 0.0357. The molecule has 0 aliphatic carbocycles. The molecule has 84 valence electrons. The van der Waals surface area contributed by atoms with Crippen LogP contribution in [-0.2, 0) is 4.79 Å². The van der Waals surface area contributed by atoms with E-state index in [4.69, 9.17) is 11.6 Å². The summed E-state index contributed by atoms with van der Waals surface area (Å²) in [6.07, 6.45) is 1.36. The van der Waals surface area contributed by atoms with E-state index in [9.17, 15) is 20.0 Å². The third-order valence-electron chi connectivity index (χ3n) is 1.61. The average molecular weight is 244 g/mol. The number of hydrazone groups is 1. The highest BCUT2D eigenvalue weighted by Crippen LogP contribution is 2.32. The second-order valence-electron chi connectivity index (χ2n) is 2.63. The van der Waals surface area contributed by atoms with Crippen LogP contribution in [0.3, 0.4) is 0 Å². The van der Waals surface area contributed by atoms with Crippen LogP contribution in [0.4, 0.5) is 5.69 Å². The molecular formula is C8H6ClN3O4. The number of carbonyl (C=O) groups is 1. The van der Waals surface area contributed by atoms with Crippen molar-refractivity contribution in [2.24, 2.45) is 5.10 Å². The molecule has 0 aromatic heterocycles. The molecule has 0 radical (unpaired) electrons. The summed E-state index contributed by atoms with van der Waals surface area (Å²) in [7, 11) is 0. The fourth-order valence-corrected chi connectivity index (χ4v) is 1.20. The van der Waals surface area contributed by atoms with Gasteiger partial charge in [0.1, 0.15) is 0 Å². The van der Waals surface area contributed by atoms with E-state index < -0.39 is 16.4 Å². The molecule has 0 aliphatic rings. The van der Waals surface area contributed by atoms with Crippen molar-refractivity contribution in [1.29, 1.82) is 0 Å². The Morgan fingerprint density at radius 2 is 2.25 bits per heavy atom. The third-order valence-corrected chi connectivity index (χ3v) is 1.83. The normalized spacial score (nSPS) is 10.3. The standard InChI is InChI=1S/C8H6ClN3O4/c9-6-1-5(3-10-11-4-13)8(14)7(2-6)12(15)16/h1-4,14H,(H,11,13)/b10-3+. The Hall–Kier alpha value is -2.15. The Balaban J connectivity index is 3.18. The van der Waals surface area contributed by atoms with Gasteiger partial charge in [-0.3, -0.25) is 14.9 Å². The van der Waals surface area contributed by atoms with Gasteiger partial charge in [0.2, 0.25) is 12.2 Å². The molecular weight excluding hydrogens is 238 g/mol. The maximum atomic E-state index is 10.5. The van der Waals surface area contributed by atoms with Crippen molar-refractivity contribution >= 4 is 29.9 Å². The Morgan fingerprint density at radius 1 is 1.56 bits per heavy atom. The van der Waals surface area contributed by atoms with E-state index in [1.165, 1.54) is 6.07 Å². The number of nitro groups is 1. The van der Waals surface area contributed by atoms with E-state index >= 15 is 0 Å². The van der Waals surface area contributed by atoms with Gasteiger partial charge >= 0.3 is 5.69 Å². The van der Waals surface area contributed by atoms with E-state index in [-0.39, 0.29) is 10.6 Å². The van der Waals surface area contributed by atoms with Crippen molar-refractivity contribution in [3.05, 3.63) is 32.8 Å². The van der Waals surface area contributed by atoms with E-state index in [2.05, 4.69) is 5.10 Å². The molecule has 7 nitrogen and oxygen atoms in total. The van der Waals surface area contributed by atoms with Crippen molar-refractivity contribution in [2.75, 3.05) is 0 Å². The van der Waals surface area contributed by atoms with Crippen molar-refractivity contribution in [2.45, 2.75) is 0 Å². The summed E-state index contributed by atoms with van der Waals surface area (Å²) in [5.41, 5.74) is 1.46. The largest absolute Gasteiger partial charge is 0.502 e. The minimum atomic E-state index is -0.772. The molecule has 1 amide bonds. The first kappa shape index (κ1) is 11.9. The van der Waals surface area contributed by atoms with E-state index in [0.29, 0.717) is 6.41 Å². The second kappa shape index (κ2) is 5.08. The number of benzene rings is 1. The van der Waals surface area contributed by atoms with Gasteiger partial charge in [-0.1, -0.05) is 11.6 Å². The first-order valence-corrected chi connectivity index (χ1v) is 4.33. The number of phenols is 1. The zero-order valence-corrected chi connectivity index (χ0v) is 8.51. The van der Waals surface area contributed by atoms with Gasteiger partial charge in [0.05, 0.1) is 11.1 Å². The van der Waals surface area contributed by atoms with Crippen LogP contribution in [0.5, 0.6) is 5.75 Å². The monoisotopic (exact) mass is 243 g/mol. The molecule has 1 aromatic carbocycles. The zero-order valence-electron chi connectivity index (χ0n) is 7.75. The molecule has 0 aliphatic heterocycles. The summed E-state index contributed by atoms with van der Waals surface area (Å²) in [4.78, 5) is 19.7. The van der Waals surface area contributed by atoms with Gasteiger partial charge in [0.15, 0.2) is 0 Å². The molecule has 0 saturated heterocycles. The van der Waals surface area contributed by atoms with Crippen LogP contribution in [0.2, 0.25) is 5.02 Å². The summed E-state index contributed by atoms with van der Waals surface area (Å²) in [5, 5.41) is 23.5. The van der Waals surface area contributed by atoms with Crippen LogP contribution in [0.25, 0.3) is 0 Å². The van der Waals surface area contributed by atoms with Crippen LogP contribution in [0.1, 0.15) is 5.56 Å². The summed E-state index contributed by atoms with van der Waals surface area (Å²) in [6, 6.07) is 2.29. The molecule has 1 aromatic rings. The number of nitrogens with one attached hydrogen (secondary N) is 1. The molecule has 0 spiro atoms. The number of hydrogen-bond donors (Lipinski definition) is 2. The topological polar surface area (TPSA) is 105 Å². The Morgan fingerprint density at radius 3 is 2.81 bits per heavy atom. The van der Waals surface area contributed by atoms with Gasteiger partial charge in [-0.2, -0.15) is 5.10 Å². The lowest BCUT2D eigenvalue weighted by Crippen LogP contribution is -2.01. The third kappa shape index (κ3) is 2.67. The molecule has 0 heterocycles. The summed E-state index contributed by atoms with van der Waals surface area (Å²) < 4.78 is 0. The molecule has 16 heavy (non-hydrogen) atoms. The molecule has 2 N–H and O–H groups in total. The van der Waals surface area contributed by atoms with E-state index in [1.54, 1.807) is 0 Å². The predicted molar refractivity (Wildman–Crippen MR) is 56.6 cm³/mol. The quantitative estimate of drug-likeness (QED) is 0.357. The second-order valence-corrected chi connectivity index (χ2v) is 3.06. The number of nitrogens with zero attached hydrogens (tertiary/aromatic N) is 2. The fourth-order valence-electron chi connectivity index (χ4n) is 0.980. The summed E-state index contributed by atoms with van der Waals surface area (Å²) in [5.74, 6) is -0.564. The molecule has 8 heteroatoms. The maximum Gasteiger partial charge on any atom is 0.312 e. The molecule has 0 bridgehead atoms. The van der Waals surface area contributed by atoms with Crippen LogP contribution in [0.15, 0.2) is 17.2 Å². The van der Waals surface area contributed by atoms with E-state index in [0.717, 1.165) is 12.3 Å².